The molecule has 0 saturated carbocycles. The van der Waals surface area contributed by atoms with Gasteiger partial charge in [-0.25, -0.2) is 9.97 Å². The van der Waals surface area contributed by atoms with E-state index in [2.05, 4.69) is 36.3 Å². The summed E-state index contributed by atoms with van der Waals surface area (Å²) in [6, 6.07) is 16.1. The fourth-order valence-corrected chi connectivity index (χ4v) is 4.99. The van der Waals surface area contributed by atoms with Crippen molar-refractivity contribution in [2.24, 2.45) is 0 Å². The number of nitrogens with zero attached hydrogens (tertiary/aromatic N) is 3. The molecule has 0 radical (unpaired) electrons. The van der Waals surface area contributed by atoms with Gasteiger partial charge in [0.15, 0.2) is 0 Å². The maximum atomic E-state index is 13.7. The Balaban J connectivity index is 1.29. The number of aryl methyl sites for hydroxylation is 1. The van der Waals surface area contributed by atoms with Crippen molar-refractivity contribution in [1.29, 1.82) is 0 Å². The zero-order valence-corrected chi connectivity index (χ0v) is 24.1. The highest BCUT2D eigenvalue weighted by Gasteiger charge is 2.36. The number of hydrogen-bond acceptors (Lipinski definition) is 6. The summed E-state index contributed by atoms with van der Waals surface area (Å²) in [5.41, 5.74) is 1.69. The van der Waals surface area contributed by atoms with Crippen molar-refractivity contribution in [3.8, 4) is 17.0 Å². The summed E-state index contributed by atoms with van der Waals surface area (Å²) >= 11 is 0. The lowest BCUT2D eigenvalue weighted by molar-refractivity contribution is -0.274. The Morgan fingerprint density at radius 2 is 1.60 bits per heavy atom. The van der Waals surface area contributed by atoms with Crippen LogP contribution in [0.2, 0.25) is 0 Å². The topological polar surface area (TPSA) is 79.4 Å². The summed E-state index contributed by atoms with van der Waals surface area (Å²) in [6.07, 6.45) is -5.56. The molecule has 45 heavy (non-hydrogen) atoms. The van der Waals surface area contributed by atoms with Gasteiger partial charge in [0.25, 0.3) is 5.91 Å². The lowest BCUT2D eigenvalue weighted by Crippen LogP contribution is -2.29. The second-order valence-electron chi connectivity index (χ2n) is 10.7. The number of rotatable bonds is 8. The van der Waals surface area contributed by atoms with Gasteiger partial charge in [0.1, 0.15) is 11.3 Å². The van der Waals surface area contributed by atoms with Crippen LogP contribution in [0.1, 0.15) is 46.3 Å². The second-order valence-corrected chi connectivity index (χ2v) is 10.7. The SMILES string of the molecule is Cc1ccc(CN2CCCCC2)cc1NC(=O)c1ccc(Nc2ncc(C(F)(F)F)c(-c3ccc(OC(F)(F)F)cc3)n2)cc1. The number of likely N-dealkylation sites (tertiary alicyclic amines) is 1. The van der Waals surface area contributed by atoms with Crippen LogP contribution in [0.5, 0.6) is 5.75 Å². The third-order valence-corrected chi connectivity index (χ3v) is 7.26. The molecular weight excluding hydrogens is 600 g/mol. The molecule has 2 N–H and O–H groups in total. The van der Waals surface area contributed by atoms with Crippen molar-refractivity contribution in [3.05, 3.63) is 95.2 Å². The molecular formula is C32H29F6N5O2. The number of benzene rings is 3. The Kier molecular flexibility index (Phi) is 9.28. The predicted molar refractivity (Wildman–Crippen MR) is 157 cm³/mol. The molecule has 0 atom stereocenters. The van der Waals surface area contributed by atoms with Gasteiger partial charge in [-0.15, -0.1) is 13.2 Å². The largest absolute Gasteiger partial charge is 0.573 e. The van der Waals surface area contributed by atoms with Crippen LogP contribution in [0.15, 0.2) is 72.9 Å². The summed E-state index contributed by atoms with van der Waals surface area (Å²) in [5.74, 6) is -1.10. The van der Waals surface area contributed by atoms with E-state index in [1.165, 1.54) is 19.3 Å². The lowest BCUT2D eigenvalue weighted by atomic mass is 10.1. The third kappa shape index (κ3) is 8.50. The van der Waals surface area contributed by atoms with Gasteiger partial charge >= 0.3 is 12.5 Å². The average molecular weight is 630 g/mol. The van der Waals surface area contributed by atoms with Gasteiger partial charge in [0, 0.05) is 35.2 Å². The number of hydrogen-bond donors (Lipinski definition) is 2. The van der Waals surface area contributed by atoms with E-state index in [1.807, 2.05) is 19.1 Å². The molecule has 1 fully saturated rings. The van der Waals surface area contributed by atoms with E-state index in [4.69, 9.17) is 0 Å². The first-order chi connectivity index (χ1) is 21.3. The van der Waals surface area contributed by atoms with E-state index in [9.17, 15) is 31.1 Å². The third-order valence-electron chi connectivity index (χ3n) is 7.26. The molecule has 0 spiro atoms. The summed E-state index contributed by atoms with van der Waals surface area (Å²) in [5, 5.41) is 5.76. The van der Waals surface area contributed by atoms with Crippen LogP contribution in [0, 0.1) is 6.92 Å². The molecule has 1 aliphatic heterocycles. The zero-order valence-electron chi connectivity index (χ0n) is 24.1. The fourth-order valence-electron chi connectivity index (χ4n) is 4.99. The van der Waals surface area contributed by atoms with Gasteiger partial charge < -0.3 is 15.4 Å². The highest BCUT2D eigenvalue weighted by molar-refractivity contribution is 6.04. The maximum Gasteiger partial charge on any atom is 0.573 e. The molecule has 5 rings (SSSR count). The van der Waals surface area contributed by atoms with Crippen LogP contribution in [0.25, 0.3) is 11.3 Å². The second kappa shape index (κ2) is 13.1. The van der Waals surface area contributed by atoms with Crippen LogP contribution < -0.4 is 15.4 Å². The zero-order chi connectivity index (χ0) is 32.2. The molecule has 0 aliphatic carbocycles. The van der Waals surface area contributed by atoms with Gasteiger partial charge in [-0.05, 0) is 98.6 Å². The molecule has 3 aromatic carbocycles. The summed E-state index contributed by atoms with van der Waals surface area (Å²) in [6.45, 7) is 4.84. The van der Waals surface area contributed by atoms with Crippen molar-refractivity contribution in [3.63, 3.8) is 0 Å². The Morgan fingerprint density at radius 3 is 2.24 bits per heavy atom. The number of piperidine rings is 1. The molecule has 4 aromatic rings. The Morgan fingerprint density at radius 1 is 0.911 bits per heavy atom. The molecule has 7 nitrogen and oxygen atoms in total. The number of anilines is 3. The fraction of sp³-hybridized carbons (Fsp3) is 0.281. The first kappa shape index (κ1) is 31.8. The van der Waals surface area contributed by atoms with Gasteiger partial charge in [-0.2, -0.15) is 13.2 Å². The van der Waals surface area contributed by atoms with Gasteiger partial charge in [-0.3, -0.25) is 9.69 Å². The van der Waals surface area contributed by atoms with Crippen molar-refractivity contribution in [2.75, 3.05) is 23.7 Å². The molecule has 2 heterocycles. The number of halogens is 6. The van der Waals surface area contributed by atoms with Gasteiger partial charge in [0.05, 0.1) is 5.69 Å². The number of aromatic nitrogens is 2. The molecule has 1 saturated heterocycles. The van der Waals surface area contributed by atoms with Crippen molar-refractivity contribution < 1.29 is 35.9 Å². The lowest BCUT2D eigenvalue weighted by Gasteiger charge is -2.26. The van der Waals surface area contributed by atoms with Crippen molar-refractivity contribution >= 4 is 23.2 Å². The first-order valence-electron chi connectivity index (χ1n) is 14.1. The number of alkyl halides is 6. The molecule has 0 bridgehead atoms. The van der Waals surface area contributed by atoms with E-state index < -0.39 is 29.5 Å². The van der Waals surface area contributed by atoms with Gasteiger partial charge in [0.2, 0.25) is 5.95 Å². The minimum Gasteiger partial charge on any atom is -0.406 e. The van der Waals surface area contributed by atoms with Crippen molar-refractivity contribution in [1.82, 2.24) is 14.9 Å². The number of carbonyl (C=O) groups excluding carboxylic acids is 1. The molecule has 13 heteroatoms. The van der Waals surface area contributed by atoms with Crippen LogP contribution in [-0.4, -0.2) is 40.2 Å². The maximum absolute atomic E-state index is 13.7. The normalized spacial score (nSPS) is 14.2. The Labute approximate surface area is 255 Å². The monoisotopic (exact) mass is 629 g/mol. The number of nitrogens with one attached hydrogen (secondary N) is 2. The van der Waals surface area contributed by atoms with Crippen LogP contribution in [0.3, 0.4) is 0 Å². The molecule has 1 aliphatic rings. The molecule has 1 amide bonds. The van der Waals surface area contributed by atoms with E-state index >= 15 is 0 Å². The Bertz CT molecular complexity index is 1630. The van der Waals surface area contributed by atoms with E-state index in [0.717, 1.165) is 55.0 Å². The Hall–Kier alpha value is -4.65. The molecule has 0 unspecified atom stereocenters. The first-order valence-corrected chi connectivity index (χ1v) is 14.1. The number of carbonyl (C=O) groups is 1. The van der Waals surface area contributed by atoms with Crippen LogP contribution in [0.4, 0.5) is 43.7 Å². The predicted octanol–water partition coefficient (Wildman–Crippen LogP) is 8.35. The van der Waals surface area contributed by atoms with E-state index in [1.54, 1.807) is 24.3 Å². The standard InChI is InChI=1S/C32H29F6N5O2/c1-20-5-6-21(19-43-15-3-2-4-16-43)17-27(20)41-29(44)23-7-11-24(12-8-23)40-30-39-18-26(31(33,34)35)28(42-30)22-9-13-25(14-10-22)45-32(36,37)38/h5-14,17-18H,2-4,15-16,19H2,1H3,(H,41,44)(H,39,40,42). The summed E-state index contributed by atoms with van der Waals surface area (Å²) in [4.78, 5) is 23.2. The van der Waals surface area contributed by atoms with Crippen LogP contribution in [-0.2, 0) is 12.7 Å². The van der Waals surface area contributed by atoms with Gasteiger partial charge in [-0.1, -0.05) is 18.6 Å². The van der Waals surface area contributed by atoms with E-state index in [0.29, 0.717) is 23.1 Å². The summed E-state index contributed by atoms with van der Waals surface area (Å²) < 4.78 is 82.4. The minimum atomic E-state index is -4.95. The summed E-state index contributed by atoms with van der Waals surface area (Å²) in [7, 11) is 0. The van der Waals surface area contributed by atoms with Crippen molar-refractivity contribution in [2.45, 2.75) is 45.3 Å². The molecule has 1 aromatic heterocycles. The number of ether oxygens (including phenoxy) is 1. The quantitative estimate of drug-likeness (QED) is 0.191. The minimum absolute atomic E-state index is 0.0930. The molecule has 236 valence electrons. The average Bonchev–Trinajstić information content (AvgIpc) is 2.99. The highest BCUT2D eigenvalue weighted by Crippen LogP contribution is 2.37. The van der Waals surface area contributed by atoms with Crippen LogP contribution >= 0.6 is 0 Å². The van der Waals surface area contributed by atoms with E-state index in [-0.39, 0.29) is 17.4 Å². The smallest absolute Gasteiger partial charge is 0.406 e. The highest BCUT2D eigenvalue weighted by atomic mass is 19.4. The number of amides is 1.